The average Bonchev–Trinajstić information content (AvgIpc) is 1.99. The Balaban J connectivity index is 2.41. The van der Waals surface area contributed by atoms with Gasteiger partial charge in [0, 0.05) is 12.1 Å². The Hall–Kier alpha value is -0.890. The maximum atomic E-state index is 5.22. The Bertz CT molecular complexity index is 329. The molecule has 2 rings (SSSR count). The molecule has 0 amide bonds. The molecule has 0 radical (unpaired) electrons. The lowest BCUT2D eigenvalue weighted by Crippen LogP contribution is -2.27. The summed E-state index contributed by atoms with van der Waals surface area (Å²) in [4.78, 5) is 4.50. The first-order chi connectivity index (χ1) is 6.70. The summed E-state index contributed by atoms with van der Waals surface area (Å²) in [6, 6.07) is 2.10. The van der Waals surface area contributed by atoms with Gasteiger partial charge in [0.25, 0.3) is 0 Å². The van der Waals surface area contributed by atoms with Crippen molar-refractivity contribution in [2.45, 2.75) is 32.6 Å². The molecule has 0 aromatic carbocycles. The number of pyridine rings is 1. The third-order valence-electron chi connectivity index (χ3n) is 2.84. The molecule has 0 bridgehead atoms. The molecule has 1 aromatic rings. The van der Waals surface area contributed by atoms with Gasteiger partial charge in [-0.2, -0.15) is 0 Å². The van der Waals surface area contributed by atoms with Gasteiger partial charge in [0.2, 0.25) is 0 Å². The van der Waals surface area contributed by atoms with Crippen molar-refractivity contribution < 1.29 is 4.74 Å². The van der Waals surface area contributed by atoms with Crippen LogP contribution in [-0.4, -0.2) is 18.2 Å². The zero-order valence-electron chi connectivity index (χ0n) is 9.08. The summed E-state index contributed by atoms with van der Waals surface area (Å²) in [5, 5.41) is 0. The number of hydrogen-bond acceptors (Lipinski definition) is 2. The fraction of sp³-hybridized carbons (Fsp3) is 0.583. The SMILES string of the molecule is Cc1ccnc(C2COC2)c1C(C)C. The van der Waals surface area contributed by atoms with Gasteiger partial charge < -0.3 is 4.74 Å². The van der Waals surface area contributed by atoms with Crippen molar-refractivity contribution in [3.63, 3.8) is 0 Å². The van der Waals surface area contributed by atoms with Crippen molar-refractivity contribution in [1.29, 1.82) is 0 Å². The van der Waals surface area contributed by atoms with E-state index in [4.69, 9.17) is 4.74 Å². The predicted molar refractivity (Wildman–Crippen MR) is 56.6 cm³/mol. The van der Waals surface area contributed by atoms with Gasteiger partial charge in [-0.25, -0.2) is 0 Å². The second-order valence-corrected chi connectivity index (χ2v) is 4.32. The van der Waals surface area contributed by atoms with Gasteiger partial charge in [-0.15, -0.1) is 0 Å². The maximum Gasteiger partial charge on any atom is 0.0572 e. The number of nitrogens with zero attached hydrogens (tertiary/aromatic N) is 1. The molecule has 1 fully saturated rings. The number of ether oxygens (including phenoxy) is 1. The van der Waals surface area contributed by atoms with Crippen molar-refractivity contribution in [2.24, 2.45) is 0 Å². The number of aryl methyl sites for hydroxylation is 1. The van der Waals surface area contributed by atoms with Crippen LogP contribution in [-0.2, 0) is 4.74 Å². The Kier molecular flexibility index (Phi) is 2.55. The van der Waals surface area contributed by atoms with Gasteiger partial charge in [0.1, 0.15) is 0 Å². The van der Waals surface area contributed by atoms with Crippen LogP contribution in [0.25, 0.3) is 0 Å². The number of aromatic nitrogens is 1. The van der Waals surface area contributed by atoms with Crippen LogP contribution in [0.2, 0.25) is 0 Å². The van der Waals surface area contributed by atoms with E-state index in [-0.39, 0.29) is 0 Å². The second kappa shape index (κ2) is 3.70. The average molecular weight is 191 g/mol. The fourth-order valence-electron chi connectivity index (χ4n) is 2.06. The molecule has 14 heavy (non-hydrogen) atoms. The molecular formula is C12H17NO. The lowest BCUT2D eigenvalue weighted by atomic mass is 9.89. The van der Waals surface area contributed by atoms with E-state index in [1.54, 1.807) is 0 Å². The molecule has 76 valence electrons. The van der Waals surface area contributed by atoms with Crippen LogP contribution in [0, 0.1) is 6.92 Å². The van der Waals surface area contributed by atoms with E-state index in [9.17, 15) is 0 Å². The van der Waals surface area contributed by atoms with Gasteiger partial charge in [-0.3, -0.25) is 4.98 Å². The highest BCUT2D eigenvalue weighted by atomic mass is 16.5. The summed E-state index contributed by atoms with van der Waals surface area (Å²) in [5.41, 5.74) is 4.03. The first-order valence-electron chi connectivity index (χ1n) is 5.23. The molecule has 0 unspecified atom stereocenters. The normalized spacial score (nSPS) is 17.1. The van der Waals surface area contributed by atoms with E-state index in [0.717, 1.165) is 13.2 Å². The molecule has 0 spiro atoms. The lowest BCUT2D eigenvalue weighted by Gasteiger charge is -2.28. The molecule has 0 atom stereocenters. The summed E-state index contributed by atoms with van der Waals surface area (Å²) in [6.07, 6.45) is 1.91. The van der Waals surface area contributed by atoms with Gasteiger partial charge in [0.15, 0.2) is 0 Å². The van der Waals surface area contributed by atoms with Crippen LogP contribution in [0.1, 0.15) is 42.5 Å². The van der Waals surface area contributed by atoms with Gasteiger partial charge in [-0.1, -0.05) is 13.8 Å². The molecule has 1 saturated heterocycles. The summed E-state index contributed by atoms with van der Waals surface area (Å²) >= 11 is 0. The van der Waals surface area contributed by atoms with E-state index in [0.29, 0.717) is 11.8 Å². The Morgan fingerprint density at radius 3 is 2.64 bits per heavy atom. The van der Waals surface area contributed by atoms with E-state index in [1.807, 2.05) is 6.20 Å². The summed E-state index contributed by atoms with van der Waals surface area (Å²) < 4.78 is 5.22. The summed E-state index contributed by atoms with van der Waals surface area (Å²) in [6.45, 7) is 8.31. The lowest BCUT2D eigenvalue weighted by molar-refractivity contribution is 0.00622. The highest BCUT2D eigenvalue weighted by Crippen LogP contribution is 2.31. The van der Waals surface area contributed by atoms with Crippen LogP contribution in [0.3, 0.4) is 0 Å². The molecule has 2 heterocycles. The zero-order valence-corrected chi connectivity index (χ0v) is 9.08. The third-order valence-corrected chi connectivity index (χ3v) is 2.84. The first-order valence-corrected chi connectivity index (χ1v) is 5.23. The van der Waals surface area contributed by atoms with E-state index in [2.05, 4.69) is 31.8 Å². The summed E-state index contributed by atoms with van der Waals surface area (Å²) in [7, 11) is 0. The molecule has 2 heteroatoms. The molecule has 1 aliphatic heterocycles. The third kappa shape index (κ3) is 1.55. The molecule has 0 N–H and O–H groups in total. The van der Waals surface area contributed by atoms with E-state index in [1.165, 1.54) is 16.8 Å². The van der Waals surface area contributed by atoms with Gasteiger partial charge >= 0.3 is 0 Å². The van der Waals surface area contributed by atoms with Crippen LogP contribution in [0.15, 0.2) is 12.3 Å². The van der Waals surface area contributed by atoms with Crippen LogP contribution in [0.5, 0.6) is 0 Å². The van der Waals surface area contributed by atoms with Crippen molar-refractivity contribution in [1.82, 2.24) is 4.98 Å². The van der Waals surface area contributed by atoms with Crippen LogP contribution < -0.4 is 0 Å². The summed E-state index contributed by atoms with van der Waals surface area (Å²) in [5.74, 6) is 1.09. The second-order valence-electron chi connectivity index (χ2n) is 4.32. The fourth-order valence-corrected chi connectivity index (χ4v) is 2.06. The molecule has 1 aromatic heterocycles. The van der Waals surface area contributed by atoms with Crippen molar-refractivity contribution >= 4 is 0 Å². The molecule has 0 aliphatic carbocycles. The van der Waals surface area contributed by atoms with Crippen LogP contribution >= 0.6 is 0 Å². The van der Waals surface area contributed by atoms with E-state index >= 15 is 0 Å². The highest BCUT2D eigenvalue weighted by Gasteiger charge is 2.25. The molecule has 1 aliphatic rings. The maximum absolute atomic E-state index is 5.22. The molecular weight excluding hydrogens is 174 g/mol. The first kappa shape index (κ1) is 9.66. The topological polar surface area (TPSA) is 22.1 Å². The Morgan fingerprint density at radius 1 is 1.43 bits per heavy atom. The minimum Gasteiger partial charge on any atom is -0.380 e. The number of hydrogen-bond donors (Lipinski definition) is 0. The van der Waals surface area contributed by atoms with Crippen molar-refractivity contribution in [3.05, 3.63) is 29.1 Å². The Labute approximate surface area is 85.3 Å². The van der Waals surface area contributed by atoms with Gasteiger partial charge in [0.05, 0.1) is 18.9 Å². The quantitative estimate of drug-likeness (QED) is 0.717. The Morgan fingerprint density at radius 2 is 2.14 bits per heavy atom. The van der Waals surface area contributed by atoms with Crippen molar-refractivity contribution in [2.75, 3.05) is 13.2 Å². The monoisotopic (exact) mass is 191 g/mol. The van der Waals surface area contributed by atoms with Crippen molar-refractivity contribution in [3.8, 4) is 0 Å². The zero-order chi connectivity index (χ0) is 10.1. The van der Waals surface area contributed by atoms with Crippen LogP contribution in [0.4, 0.5) is 0 Å². The predicted octanol–water partition coefficient (Wildman–Crippen LogP) is 2.63. The van der Waals surface area contributed by atoms with E-state index < -0.39 is 0 Å². The highest BCUT2D eigenvalue weighted by molar-refractivity contribution is 5.34. The largest absolute Gasteiger partial charge is 0.380 e. The number of rotatable bonds is 2. The molecule has 0 saturated carbocycles. The minimum absolute atomic E-state index is 0.535. The minimum atomic E-state index is 0.535. The standard InChI is InChI=1S/C12H17NO/c1-8(2)11-9(3)4-5-13-12(11)10-6-14-7-10/h4-5,8,10H,6-7H2,1-3H3. The smallest absolute Gasteiger partial charge is 0.0572 e. The molecule has 2 nitrogen and oxygen atoms in total. The van der Waals surface area contributed by atoms with Gasteiger partial charge in [-0.05, 0) is 30.0 Å².